The molecule has 0 spiro atoms. The van der Waals surface area contributed by atoms with E-state index in [1.807, 2.05) is 6.07 Å². The van der Waals surface area contributed by atoms with Crippen molar-refractivity contribution >= 4 is 23.5 Å². The Kier molecular flexibility index (Phi) is 4.61. The first-order chi connectivity index (χ1) is 10.9. The van der Waals surface area contributed by atoms with Crippen LogP contribution in [0.4, 0.5) is 11.9 Å². The number of nitriles is 1. The van der Waals surface area contributed by atoms with E-state index in [4.69, 9.17) is 10.5 Å². The standard InChI is InChI=1S/C15H16N6O2/c1-21(2)15-19-13(18-14(17)20-15)10(8-16)6-9-4-5-12(23-3)11(22)7-9/h4-7,22H,1-3H3,(H2,17,18,19,20). The molecule has 0 unspecified atom stereocenters. The summed E-state index contributed by atoms with van der Waals surface area (Å²) in [6.45, 7) is 0. The zero-order chi connectivity index (χ0) is 17.0. The summed E-state index contributed by atoms with van der Waals surface area (Å²) < 4.78 is 4.98. The number of allylic oxidation sites excluding steroid dienone is 1. The van der Waals surface area contributed by atoms with Crippen LogP contribution in [0.3, 0.4) is 0 Å². The van der Waals surface area contributed by atoms with E-state index in [2.05, 4.69) is 15.0 Å². The van der Waals surface area contributed by atoms with Crippen LogP contribution in [0.1, 0.15) is 11.4 Å². The maximum atomic E-state index is 9.80. The monoisotopic (exact) mass is 312 g/mol. The number of nitrogens with two attached hydrogens (primary N) is 1. The van der Waals surface area contributed by atoms with Crippen molar-refractivity contribution in [2.24, 2.45) is 0 Å². The molecule has 1 aromatic heterocycles. The maximum Gasteiger partial charge on any atom is 0.230 e. The van der Waals surface area contributed by atoms with Crippen LogP contribution in [0.2, 0.25) is 0 Å². The third-order valence-corrected chi connectivity index (χ3v) is 2.92. The molecule has 3 N–H and O–H groups in total. The van der Waals surface area contributed by atoms with Crippen LogP contribution in [0.25, 0.3) is 11.6 Å². The Bertz CT molecular complexity index is 795. The van der Waals surface area contributed by atoms with E-state index >= 15 is 0 Å². The first-order valence-corrected chi connectivity index (χ1v) is 6.62. The highest BCUT2D eigenvalue weighted by atomic mass is 16.5. The summed E-state index contributed by atoms with van der Waals surface area (Å²) in [5, 5.41) is 19.2. The molecule has 118 valence electrons. The molecule has 0 aliphatic carbocycles. The largest absolute Gasteiger partial charge is 0.504 e. The first-order valence-electron chi connectivity index (χ1n) is 6.62. The summed E-state index contributed by atoms with van der Waals surface area (Å²) in [7, 11) is 4.98. The summed E-state index contributed by atoms with van der Waals surface area (Å²) in [5.74, 6) is 0.866. The topological polar surface area (TPSA) is 121 Å². The lowest BCUT2D eigenvalue weighted by Crippen LogP contribution is -2.15. The number of hydrogen-bond donors (Lipinski definition) is 2. The Morgan fingerprint density at radius 1 is 1.35 bits per heavy atom. The minimum absolute atomic E-state index is 0.0253. The number of benzene rings is 1. The second-order valence-corrected chi connectivity index (χ2v) is 4.81. The van der Waals surface area contributed by atoms with E-state index in [1.54, 1.807) is 37.2 Å². The molecule has 0 amide bonds. The minimum Gasteiger partial charge on any atom is -0.504 e. The lowest BCUT2D eigenvalue weighted by atomic mass is 10.1. The zero-order valence-electron chi connectivity index (χ0n) is 13.0. The highest BCUT2D eigenvalue weighted by molar-refractivity contribution is 5.87. The molecule has 0 saturated heterocycles. The van der Waals surface area contributed by atoms with Gasteiger partial charge in [0.1, 0.15) is 6.07 Å². The summed E-state index contributed by atoms with van der Waals surface area (Å²) in [5.41, 5.74) is 6.47. The predicted molar refractivity (Wildman–Crippen MR) is 86.7 cm³/mol. The predicted octanol–water partition coefficient (Wildman–Crippen LogP) is 1.30. The molecule has 0 aliphatic rings. The van der Waals surface area contributed by atoms with Gasteiger partial charge in [-0.3, -0.25) is 0 Å². The average Bonchev–Trinajstić information content (AvgIpc) is 2.52. The SMILES string of the molecule is COc1ccc(C=C(C#N)c2nc(N)nc(N(C)C)n2)cc1O. The van der Waals surface area contributed by atoms with E-state index in [9.17, 15) is 10.4 Å². The second kappa shape index (κ2) is 6.62. The fraction of sp³-hybridized carbons (Fsp3) is 0.200. The number of nitrogen functional groups attached to an aromatic ring is 1. The molecule has 8 heteroatoms. The van der Waals surface area contributed by atoms with Crippen molar-refractivity contribution in [1.29, 1.82) is 5.26 Å². The molecular formula is C15H16N6O2. The molecule has 23 heavy (non-hydrogen) atoms. The molecule has 2 rings (SSSR count). The van der Waals surface area contributed by atoms with Crippen LogP contribution >= 0.6 is 0 Å². The molecule has 0 fully saturated rings. The van der Waals surface area contributed by atoms with Crippen LogP contribution in [0, 0.1) is 11.3 Å². The van der Waals surface area contributed by atoms with Gasteiger partial charge in [-0.1, -0.05) is 6.07 Å². The average molecular weight is 312 g/mol. The lowest BCUT2D eigenvalue weighted by Gasteiger charge is -2.11. The molecule has 8 nitrogen and oxygen atoms in total. The quantitative estimate of drug-likeness (QED) is 0.810. The number of aromatic nitrogens is 3. The zero-order valence-corrected chi connectivity index (χ0v) is 13.0. The van der Waals surface area contributed by atoms with Crippen molar-refractivity contribution in [3.63, 3.8) is 0 Å². The van der Waals surface area contributed by atoms with Gasteiger partial charge in [0.2, 0.25) is 11.9 Å². The highest BCUT2D eigenvalue weighted by Gasteiger charge is 2.11. The number of methoxy groups -OCH3 is 1. The summed E-state index contributed by atoms with van der Waals surface area (Å²) in [6.07, 6.45) is 1.55. The van der Waals surface area contributed by atoms with Crippen LogP contribution in [0.5, 0.6) is 11.5 Å². The van der Waals surface area contributed by atoms with Gasteiger partial charge in [0, 0.05) is 14.1 Å². The molecule has 0 aliphatic heterocycles. The molecular weight excluding hydrogens is 296 g/mol. The van der Waals surface area contributed by atoms with Crippen molar-refractivity contribution in [3.05, 3.63) is 29.6 Å². The summed E-state index contributed by atoms with van der Waals surface area (Å²) >= 11 is 0. The number of aromatic hydroxyl groups is 1. The third kappa shape index (κ3) is 3.65. The normalized spacial score (nSPS) is 11.0. The molecule has 0 saturated carbocycles. The summed E-state index contributed by atoms with van der Waals surface area (Å²) in [6, 6.07) is 6.81. The van der Waals surface area contributed by atoms with Crippen molar-refractivity contribution in [2.45, 2.75) is 0 Å². The summed E-state index contributed by atoms with van der Waals surface area (Å²) in [4.78, 5) is 13.8. The van der Waals surface area contributed by atoms with E-state index < -0.39 is 0 Å². The number of nitrogens with zero attached hydrogens (tertiary/aromatic N) is 5. The first kappa shape index (κ1) is 16.0. The van der Waals surface area contributed by atoms with Gasteiger partial charge in [0.15, 0.2) is 17.3 Å². The van der Waals surface area contributed by atoms with Crippen LogP contribution < -0.4 is 15.4 Å². The van der Waals surface area contributed by atoms with Crippen molar-refractivity contribution in [1.82, 2.24) is 15.0 Å². The van der Waals surface area contributed by atoms with E-state index in [-0.39, 0.29) is 23.1 Å². The highest BCUT2D eigenvalue weighted by Crippen LogP contribution is 2.28. The van der Waals surface area contributed by atoms with E-state index in [1.165, 1.54) is 13.2 Å². The smallest absolute Gasteiger partial charge is 0.230 e. The molecule has 0 atom stereocenters. The number of phenols is 1. The van der Waals surface area contributed by atoms with Crippen LogP contribution in [0.15, 0.2) is 18.2 Å². The Morgan fingerprint density at radius 3 is 2.65 bits per heavy atom. The van der Waals surface area contributed by atoms with Crippen molar-refractivity contribution < 1.29 is 9.84 Å². The Balaban J connectivity index is 2.48. The molecule has 0 radical (unpaired) electrons. The fourth-order valence-corrected chi connectivity index (χ4v) is 1.81. The Hall–Kier alpha value is -3.34. The molecule has 1 aromatic carbocycles. The van der Waals surface area contributed by atoms with E-state index in [0.29, 0.717) is 17.3 Å². The van der Waals surface area contributed by atoms with Gasteiger partial charge in [0.25, 0.3) is 0 Å². The van der Waals surface area contributed by atoms with Crippen LogP contribution in [-0.4, -0.2) is 41.3 Å². The van der Waals surface area contributed by atoms with Gasteiger partial charge >= 0.3 is 0 Å². The minimum atomic E-state index is -0.0253. The van der Waals surface area contributed by atoms with E-state index in [0.717, 1.165) is 0 Å². The second-order valence-electron chi connectivity index (χ2n) is 4.81. The number of hydrogen-bond acceptors (Lipinski definition) is 8. The molecule has 0 bridgehead atoms. The number of anilines is 2. The number of phenolic OH excluding ortho intramolecular Hbond substituents is 1. The van der Waals surface area contributed by atoms with Crippen molar-refractivity contribution in [2.75, 3.05) is 31.8 Å². The fourth-order valence-electron chi connectivity index (χ4n) is 1.81. The van der Waals surface area contributed by atoms with Gasteiger partial charge in [-0.15, -0.1) is 0 Å². The lowest BCUT2D eigenvalue weighted by molar-refractivity contribution is 0.373. The van der Waals surface area contributed by atoms with Gasteiger partial charge in [0.05, 0.1) is 12.7 Å². The maximum absolute atomic E-state index is 9.80. The Labute approximate surface area is 133 Å². The number of ether oxygens (including phenoxy) is 1. The van der Waals surface area contributed by atoms with Crippen molar-refractivity contribution in [3.8, 4) is 17.6 Å². The third-order valence-electron chi connectivity index (χ3n) is 2.92. The van der Waals surface area contributed by atoms with Gasteiger partial charge in [-0.05, 0) is 23.8 Å². The van der Waals surface area contributed by atoms with Gasteiger partial charge < -0.3 is 20.5 Å². The molecule has 2 aromatic rings. The number of rotatable bonds is 4. The Morgan fingerprint density at radius 2 is 2.09 bits per heavy atom. The molecule has 1 heterocycles. The van der Waals surface area contributed by atoms with Gasteiger partial charge in [-0.2, -0.15) is 20.2 Å². The van der Waals surface area contributed by atoms with Gasteiger partial charge in [-0.25, -0.2) is 0 Å². The van der Waals surface area contributed by atoms with Crippen LogP contribution in [-0.2, 0) is 0 Å².